The molecule has 0 aliphatic carbocycles. The highest BCUT2D eigenvalue weighted by Gasteiger charge is 2.56. The van der Waals surface area contributed by atoms with Crippen LogP contribution < -0.4 is 10.6 Å². The quantitative estimate of drug-likeness (QED) is 0.344. The van der Waals surface area contributed by atoms with Crippen LogP contribution >= 0.6 is 0 Å². The van der Waals surface area contributed by atoms with E-state index in [9.17, 15) is 4.79 Å². The van der Waals surface area contributed by atoms with Crippen LogP contribution in [0.25, 0.3) is 0 Å². The van der Waals surface area contributed by atoms with E-state index >= 15 is 0 Å². The van der Waals surface area contributed by atoms with Crippen molar-refractivity contribution in [2.75, 3.05) is 0 Å². The molecule has 0 spiro atoms. The normalized spacial score (nSPS) is 40.8. The van der Waals surface area contributed by atoms with Crippen molar-refractivity contribution in [2.24, 2.45) is 0 Å². The minimum Gasteiger partial charge on any atom is -0.303 e. The fourth-order valence-corrected chi connectivity index (χ4v) is 0.923. The van der Waals surface area contributed by atoms with E-state index in [0.29, 0.717) is 0 Å². The molecule has 0 radical (unpaired) electrons. The monoisotopic (exact) mass is 178 g/mol. The Morgan fingerprint density at radius 1 is 1.17 bits per heavy atom. The van der Waals surface area contributed by atoms with Gasteiger partial charge in [0.2, 0.25) is 11.4 Å². The first-order valence-electron chi connectivity index (χ1n) is 3.23. The lowest BCUT2D eigenvalue weighted by Crippen LogP contribution is -2.58. The summed E-state index contributed by atoms with van der Waals surface area (Å²) in [5.74, 6) is 0. The van der Waals surface area contributed by atoms with Gasteiger partial charge in [-0.1, -0.05) is 0 Å². The number of rotatable bonds is 2. The predicted molar refractivity (Wildman–Crippen MR) is 35.9 cm³/mol. The Labute approximate surface area is 68.1 Å². The zero-order valence-electron chi connectivity index (χ0n) is 6.62. The molecule has 0 aromatic heterocycles. The number of hydrogen-bond donors (Lipinski definition) is 4. The van der Waals surface area contributed by atoms with Gasteiger partial charge in [-0.3, -0.25) is 0 Å². The van der Waals surface area contributed by atoms with Crippen LogP contribution in [0.3, 0.4) is 0 Å². The molecule has 4 N–H and O–H groups in total. The van der Waals surface area contributed by atoms with Crippen LogP contribution in [0.1, 0.15) is 13.8 Å². The lowest BCUT2D eigenvalue weighted by molar-refractivity contribution is -0.420. The first-order chi connectivity index (χ1) is 5.47. The number of nitrogens with one attached hydrogen (secondary N) is 2. The van der Waals surface area contributed by atoms with Crippen molar-refractivity contribution in [1.29, 1.82) is 0 Å². The molecule has 0 saturated carbocycles. The summed E-state index contributed by atoms with van der Waals surface area (Å²) in [4.78, 5) is 18.8. The maximum Gasteiger partial charge on any atom is 0.319 e. The maximum atomic E-state index is 10.8. The molecule has 1 aliphatic heterocycles. The van der Waals surface area contributed by atoms with Gasteiger partial charge in [-0.15, -0.1) is 0 Å². The second-order valence-corrected chi connectivity index (χ2v) is 2.83. The van der Waals surface area contributed by atoms with Gasteiger partial charge in [0.05, 0.1) is 0 Å². The summed E-state index contributed by atoms with van der Waals surface area (Å²) in [6.45, 7) is 2.67. The van der Waals surface area contributed by atoms with Crippen molar-refractivity contribution in [3.8, 4) is 0 Å². The lowest BCUT2D eigenvalue weighted by Gasteiger charge is -2.32. The molecule has 70 valence electrons. The molecule has 1 heterocycles. The summed E-state index contributed by atoms with van der Waals surface area (Å²) in [7, 11) is 0. The van der Waals surface area contributed by atoms with Crippen molar-refractivity contribution < 1.29 is 25.1 Å². The second kappa shape index (κ2) is 2.56. The van der Waals surface area contributed by atoms with Crippen LogP contribution in [0.4, 0.5) is 4.79 Å². The Balaban J connectivity index is 2.93. The van der Waals surface area contributed by atoms with E-state index in [1.54, 1.807) is 0 Å². The van der Waals surface area contributed by atoms with E-state index in [2.05, 4.69) is 20.4 Å². The number of carbonyl (C=O) groups excluding carboxylic acids is 1. The molecule has 12 heavy (non-hydrogen) atoms. The summed E-state index contributed by atoms with van der Waals surface area (Å²) in [6, 6.07) is -0.608. The average molecular weight is 178 g/mol. The molecule has 2 amide bonds. The lowest BCUT2D eigenvalue weighted by atomic mass is 10.1. The number of amides is 2. The molecule has 1 saturated heterocycles. The van der Waals surface area contributed by atoms with Crippen molar-refractivity contribution in [3.63, 3.8) is 0 Å². The van der Waals surface area contributed by atoms with Gasteiger partial charge in [0, 0.05) is 0 Å². The zero-order valence-corrected chi connectivity index (χ0v) is 6.62. The van der Waals surface area contributed by atoms with Gasteiger partial charge < -0.3 is 10.6 Å². The van der Waals surface area contributed by atoms with E-state index in [-0.39, 0.29) is 0 Å². The third-order valence-corrected chi connectivity index (χ3v) is 1.98. The smallest absolute Gasteiger partial charge is 0.303 e. The average Bonchev–Trinajstić information content (AvgIpc) is 2.25. The molecular weight excluding hydrogens is 168 g/mol. The first kappa shape index (κ1) is 9.20. The minimum absolute atomic E-state index is 0.608. The third-order valence-electron chi connectivity index (χ3n) is 1.98. The van der Waals surface area contributed by atoms with Gasteiger partial charge in [-0.25, -0.2) is 25.1 Å². The summed E-state index contributed by atoms with van der Waals surface area (Å²) in [6.07, 6.45) is 0. The molecule has 1 aliphatic rings. The van der Waals surface area contributed by atoms with Crippen LogP contribution in [-0.4, -0.2) is 28.0 Å². The molecule has 0 aromatic carbocycles. The number of hydrogen-bond acceptors (Lipinski definition) is 5. The van der Waals surface area contributed by atoms with E-state index in [0.717, 1.165) is 0 Å². The first-order valence-corrected chi connectivity index (χ1v) is 3.23. The van der Waals surface area contributed by atoms with Crippen molar-refractivity contribution in [1.82, 2.24) is 10.6 Å². The van der Waals surface area contributed by atoms with Crippen LogP contribution in [0.2, 0.25) is 0 Å². The maximum absolute atomic E-state index is 10.8. The highest BCUT2D eigenvalue weighted by Crippen LogP contribution is 2.27. The Bertz CT molecular complexity index is 190. The molecule has 0 unspecified atom stereocenters. The highest BCUT2D eigenvalue weighted by molar-refractivity contribution is 5.78. The summed E-state index contributed by atoms with van der Waals surface area (Å²) in [5, 5.41) is 21.4. The van der Waals surface area contributed by atoms with Gasteiger partial charge >= 0.3 is 6.03 Å². The minimum atomic E-state index is -1.52. The van der Waals surface area contributed by atoms with E-state index in [1.807, 2.05) is 0 Å². The molecule has 7 heteroatoms. The van der Waals surface area contributed by atoms with Crippen LogP contribution in [0.15, 0.2) is 0 Å². The molecule has 0 aromatic rings. The fourth-order valence-electron chi connectivity index (χ4n) is 0.923. The van der Waals surface area contributed by atoms with Crippen LogP contribution in [-0.2, 0) is 9.78 Å². The molecule has 1 fully saturated rings. The number of carbonyl (C=O) groups is 1. The predicted octanol–water partition coefficient (Wildman–Crippen LogP) is -0.289. The summed E-state index contributed by atoms with van der Waals surface area (Å²) < 4.78 is 0. The topological polar surface area (TPSA) is 100 Å². The standard InChI is InChI=1S/C5H10N2O5/c1-4(11-9)5(2,12-10)7-3(8)6-4/h9-10H,1-2H3,(H2,6,7,8)/t4-,5-/m1/s1. The van der Waals surface area contributed by atoms with Gasteiger partial charge in [-0.2, -0.15) is 0 Å². The van der Waals surface area contributed by atoms with Crippen molar-refractivity contribution >= 4 is 6.03 Å². The Morgan fingerprint density at radius 3 is 1.75 bits per heavy atom. The Hall–Kier alpha value is -0.890. The Morgan fingerprint density at radius 2 is 1.50 bits per heavy atom. The third kappa shape index (κ3) is 1.03. The Kier molecular flexibility index (Phi) is 1.96. The molecule has 0 bridgehead atoms. The van der Waals surface area contributed by atoms with E-state index < -0.39 is 17.5 Å². The zero-order chi connectivity index (χ0) is 9.41. The van der Waals surface area contributed by atoms with Crippen LogP contribution in [0.5, 0.6) is 0 Å². The number of urea groups is 1. The van der Waals surface area contributed by atoms with Gasteiger partial charge in [0.15, 0.2) is 0 Å². The van der Waals surface area contributed by atoms with Gasteiger partial charge in [-0.05, 0) is 13.8 Å². The van der Waals surface area contributed by atoms with Crippen molar-refractivity contribution in [3.05, 3.63) is 0 Å². The fraction of sp³-hybridized carbons (Fsp3) is 0.800. The summed E-state index contributed by atoms with van der Waals surface area (Å²) >= 11 is 0. The largest absolute Gasteiger partial charge is 0.319 e. The SMILES string of the molecule is C[C@]1(OO)NC(=O)N[C@]1(C)OO. The molecular formula is C5H10N2O5. The van der Waals surface area contributed by atoms with E-state index in [4.69, 9.17) is 10.5 Å². The van der Waals surface area contributed by atoms with Gasteiger partial charge in [0.1, 0.15) is 0 Å². The van der Waals surface area contributed by atoms with Crippen LogP contribution in [0, 0.1) is 0 Å². The second-order valence-electron chi connectivity index (χ2n) is 2.83. The molecule has 7 nitrogen and oxygen atoms in total. The van der Waals surface area contributed by atoms with E-state index in [1.165, 1.54) is 13.8 Å². The molecule has 1 rings (SSSR count). The molecule has 2 atom stereocenters. The van der Waals surface area contributed by atoms with Crippen molar-refractivity contribution in [2.45, 2.75) is 25.3 Å². The summed E-state index contributed by atoms with van der Waals surface area (Å²) in [5.41, 5.74) is -3.03. The van der Waals surface area contributed by atoms with Gasteiger partial charge in [0.25, 0.3) is 0 Å². The highest BCUT2D eigenvalue weighted by atomic mass is 17.2.